The molecule has 0 aliphatic heterocycles. The Balaban J connectivity index is 2.59. The number of hydrogen-bond donors (Lipinski definition) is 2. The number of benzene rings is 1. The van der Waals surface area contributed by atoms with E-state index in [1.54, 1.807) is 21.1 Å². The quantitative estimate of drug-likeness (QED) is 0.821. The Bertz CT molecular complexity index is 445. The summed E-state index contributed by atoms with van der Waals surface area (Å²) in [5.74, 6) is 0.370. The third-order valence-corrected chi connectivity index (χ3v) is 2.88. The van der Waals surface area contributed by atoms with Crippen LogP contribution in [0.5, 0.6) is 5.75 Å². The SMILES string of the molecule is COc1ccc(CN(C)[C@@H](C)C(=O)NC(N)=O)cc1. The molecule has 0 fully saturated rings. The number of primary amides is 1. The number of imide groups is 1. The summed E-state index contributed by atoms with van der Waals surface area (Å²) in [6.45, 7) is 2.29. The van der Waals surface area contributed by atoms with Gasteiger partial charge in [-0.1, -0.05) is 12.1 Å². The van der Waals surface area contributed by atoms with Crippen molar-refractivity contribution in [3.05, 3.63) is 29.8 Å². The highest BCUT2D eigenvalue weighted by atomic mass is 16.5. The Morgan fingerprint density at radius 3 is 2.42 bits per heavy atom. The van der Waals surface area contributed by atoms with Crippen LogP contribution in [-0.4, -0.2) is 37.0 Å². The molecule has 0 unspecified atom stereocenters. The molecular formula is C13H19N3O3. The van der Waals surface area contributed by atoms with Crippen molar-refractivity contribution in [1.82, 2.24) is 10.2 Å². The largest absolute Gasteiger partial charge is 0.497 e. The van der Waals surface area contributed by atoms with Crippen LogP contribution in [0.25, 0.3) is 0 Å². The van der Waals surface area contributed by atoms with Crippen molar-refractivity contribution >= 4 is 11.9 Å². The van der Waals surface area contributed by atoms with Crippen LogP contribution < -0.4 is 15.8 Å². The van der Waals surface area contributed by atoms with Gasteiger partial charge in [-0.05, 0) is 31.7 Å². The number of urea groups is 1. The predicted octanol–water partition coefficient (Wildman–Crippen LogP) is 0.710. The molecule has 6 heteroatoms. The number of nitrogens with one attached hydrogen (secondary N) is 1. The van der Waals surface area contributed by atoms with E-state index in [0.29, 0.717) is 6.54 Å². The molecule has 0 aliphatic carbocycles. The zero-order chi connectivity index (χ0) is 14.4. The first kappa shape index (κ1) is 15.0. The molecule has 0 radical (unpaired) electrons. The maximum Gasteiger partial charge on any atom is 0.318 e. The van der Waals surface area contributed by atoms with Gasteiger partial charge >= 0.3 is 6.03 Å². The lowest BCUT2D eigenvalue weighted by Gasteiger charge is -2.23. The van der Waals surface area contributed by atoms with Crippen molar-refractivity contribution in [1.29, 1.82) is 0 Å². The lowest BCUT2D eigenvalue weighted by atomic mass is 10.2. The Morgan fingerprint density at radius 1 is 1.37 bits per heavy atom. The summed E-state index contributed by atoms with van der Waals surface area (Å²) >= 11 is 0. The van der Waals surface area contributed by atoms with Gasteiger partial charge in [0.25, 0.3) is 0 Å². The molecule has 1 rings (SSSR count). The monoisotopic (exact) mass is 265 g/mol. The van der Waals surface area contributed by atoms with Gasteiger partial charge in [-0.15, -0.1) is 0 Å². The summed E-state index contributed by atoms with van der Waals surface area (Å²) in [7, 11) is 3.41. The molecule has 6 nitrogen and oxygen atoms in total. The first-order valence-electron chi connectivity index (χ1n) is 5.87. The summed E-state index contributed by atoms with van der Waals surface area (Å²) in [6, 6.07) is 6.28. The molecule has 3 N–H and O–H groups in total. The second-order valence-corrected chi connectivity index (χ2v) is 4.29. The highest BCUT2D eigenvalue weighted by Gasteiger charge is 2.19. The van der Waals surface area contributed by atoms with Gasteiger partial charge in [0.05, 0.1) is 13.2 Å². The Hall–Kier alpha value is -2.08. The van der Waals surface area contributed by atoms with Crippen molar-refractivity contribution in [2.75, 3.05) is 14.2 Å². The number of methoxy groups -OCH3 is 1. The van der Waals surface area contributed by atoms with Gasteiger partial charge in [-0.25, -0.2) is 4.79 Å². The number of likely N-dealkylation sites (N-methyl/N-ethyl adjacent to an activating group) is 1. The normalized spacial score (nSPS) is 12.0. The van der Waals surface area contributed by atoms with E-state index >= 15 is 0 Å². The van der Waals surface area contributed by atoms with Crippen molar-refractivity contribution in [3.63, 3.8) is 0 Å². The number of carbonyl (C=O) groups is 2. The van der Waals surface area contributed by atoms with Gasteiger partial charge in [0.15, 0.2) is 0 Å². The summed E-state index contributed by atoms with van der Waals surface area (Å²) in [5.41, 5.74) is 5.96. The number of hydrogen-bond acceptors (Lipinski definition) is 4. The molecule has 0 bridgehead atoms. The molecule has 0 saturated heterocycles. The van der Waals surface area contributed by atoms with Crippen LogP contribution in [-0.2, 0) is 11.3 Å². The predicted molar refractivity (Wildman–Crippen MR) is 71.6 cm³/mol. The van der Waals surface area contributed by atoms with E-state index in [2.05, 4.69) is 5.32 Å². The minimum absolute atomic E-state index is 0.413. The highest BCUT2D eigenvalue weighted by molar-refractivity contribution is 5.96. The minimum Gasteiger partial charge on any atom is -0.497 e. The number of carbonyl (C=O) groups excluding carboxylic acids is 2. The van der Waals surface area contributed by atoms with E-state index in [4.69, 9.17) is 10.5 Å². The van der Waals surface area contributed by atoms with Gasteiger partial charge in [0.2, 0.25) is 5.91 Å². The number of amides is 3. The molecule has 1 aromatic rings. The van der Waals surface area contributed by atoms with Gasteiger partial charge in [0.1, 0.15) is 5.75 Å². The fourth-order valence-corrected chi connectivity index (χ4v) is 1.58. The van der Waals surface area contributed by atoms with Crippen LogP contribution in [0.2, 0.25) is 0 Å². The average molecular weight is 265 g/mol. The van der Waals surface area contributed by atoms with Crippen LogP contribution in [0.15, 0.2) is 24.3 Å². The molecular weight excluding hydrogens is 246 g/mol. The summed E-state index contributed by atoms with van der Waals surface area (Å²) in [5, 5.41) is 2.07. The van der Waals surface area contributed by atoms with Crippen molar-refractivity contribution in [3.8, 4) is 5.75 Å². The van der Waals surface area contributed by atoms with Crippen LogP contribution >= 0.6 is 0 Å². The summed E-state index contributed by atoms with van der Waals surface area (Å²) < 4.78 is 5.07. The summed E-state index contributed by atoms with van der Waals surface area (Å²) in [4.78, 5) is 24.1. The topological polar surface area (TPSA) is 84.7 Å². The van der Waals surface area contributed by atoms with Crippen LogP contribution in [0.4, 0.5) is 4.79 Å². The van der Waals surface area contributed by atoms with Crippen LogP contribution in [0.1, 0.15) is 12.5 Å². The zero-order valence-electron chi connectivity index (χ0n) is 11.3. The standard InChI is InChI=1S/C13H19N3O3/c1-9(12(17)15-13(14)18)16(2)8-10-4-6-11(19-3)7-5-10/h4-7,9H,8H2,1-3H3,(H3,14,15,17,18)/t9-/m0/s1. The first-order chi connectivity index (χ1) is 8.93. The van der Waals surface area contributed by atoms with Crippen molar-refractivity contribution in [2.45, 2.75) is 19.5 Å². The third-order valence-electron chi connectivity index (χ3n) is 2.88. The number of nitrogens with zero attached hydrogens (tertiary/aromatic N) is 1. The van der Waals surface area contributed by atoms with E-state index in [1.807, 2.05) is 29.2 Å². The fraction of sp³-hybridized carbons (Fsp3) is 0.385. The summed E-state index contributed by atoms with van der Waals surface area (Å²) in [6.07, 6.45) is 0. The van der Waals surface area contributed by atoms with E-state index in [-0.39, 0.29) is 0 Å². The maximum atomic E-state index is 11.6. The minimum atomic E-state index is -0.838. The van der Waals surface area contributed by atoms with Crippen LogP contribution in [0, 0.1) is 0 Å². The van der Waals surface area contributed by atoms with Gasteiger partial charge in [-0.2, -0.15) is 0 Å². The first-order valence-corrected chi connectivity index (χ1v) is 5.87. The van der Waals surface area contributed by atoms with Crippen molar-refractivity contribution < 1.29 is 14.3 Å². The molecule has 0 aliphatic rings. The Labute approximate surface area is 112 Å². The molecule has 0 saturated carbocycles. The zero-order valence-corrected chi connectivity index (χ0v) is 11.3. The molecule has 1 atom stereocenters. The van der Waals surface area contributed by atoms with E-state index in [9.17, 15) is 9.59 Å². The smallest absolute Gasteiger partial charge is 0.318 e. The molecule has 0 aromatic heterocycles. The molecule has 104 valence electrons. The fourth-order valence-electron chi connectivity index (χ4n) is 1.58. The molecule has 1 aromatic carbocycles. The third kappa shape index (κ3) is 4.59. The van der Waals surface area contributed by atoms with E-state index < -0.39 is 18.0 Å². The second kappa shape index (κ2) is 6.75. The average Bonchev–Trinajstić information content (AvgIpc) is 2.37. The Kier molecular flexibility index (Phi) is 5.32. The van der Waals surface area contributed by atoms with Gasteiger partial charge in [0, 0.05) is 6.54 Å². The van der Waals surface area contributed by atoms with Gasteiger partial charge in [-0.3, -0.25) is 15.0 Å². The maximum absolute atomic E-state index is 11.6. The molecule has 0 spiro atoms. The highest BCUT2D eigenvalue weighted by Crippen LogP contribution is 2.13. The van der Waals surface area contributed by atoms with Crippen LogP contribution in [0.3, 0.4) is 0 Å². The Morgan fingerprint density at radius 2 is 1.95 bits per heavy atom. The molecule has 3 amide bonds. The van der Waals surface area contributed by atoms with Crippen molar-refractivity contribution in [2.24, 2.45) is 5.73 Å². The lowest BCUT2D eigenvalue weighted by Crippen LogP contribution is -2.46. The number of ether oxygens (including phenoxy) is 1. The van der Waals surface area contributed by atoms with E-state index in [0.717, 1.165) is 11.3 Å². The number of nitrogens with two attached hydrogens (primary N) is 1. The van der Waals surface area contributed by atoms with E-state index in [1.165, 1.54) is 0 Å². The second-order valence-electron chi connectivity index (χ2n) is 4.29. The number of rotatable bonds is 5. The van der Waals surface area contributed by atoms with Gasteiger partial charge < -0.3 is 10.5 Å². The molecule has 19 heavy (non-hydrogen) atoms. The molecule has 0 heterocycles. The lowest BCUT2D eigenvalue weighted by molar-refractivity contribution is -0.124.